The molecule has 1 unspecified atom stereocenters. The molecule has 0 amide bonds. The summed E-state index contributed by atoms with van der Waals surface area (Å²) in [5.74, 6) is 0.0799. The van der Waals surface area contributed by atoms with Gasteiger partial charge in [-0.05, 0) is 0 Å². The van der Waals surface area contributed by atoms with Crippen molar-refractivity contribution in [3.63, 3.8) is 0 Å². The van der Waals surface area contributed by atoms with E-state index in [9.17, 15) is 4.79 Å². The minimum atomic E-state index is -0.229. The van der Waals surface area contributed by atoms with E-state index in [1.807, 2.05) is 0 Å². The molecule has 2 nitrogen and oxygen atoms in total. The Kier molecular flexibility index (Phi) is 1.58. The third kappa shape index (κ3) is 1.26. The highest BCUT2D eigenvalue weighted by molar-refractivity contribution is 7.80. The first kappa shape index (κ1) is 5.69. The predicted molar refractivity (Wildman–Crippen MR) is 32.6 cm³/mol. The highest BCUT2D eigenvalue weighted by Gasteiger charge is 2.10. The van der Waals surface area contributed by atoms with Gasteiger partial charge in [-0.2, -0.15) is 0 Å². The largest absolute Gasteiger partial charge is 0.487 e. The number of hydrogen-bond acceptors (Lipinski definition) is 3. The molecule has 0 aliphatic carbocycles. The number of ether oxygens (including phenoxy) is 1. The van der Waals surface area contributed by atoms with Gasteiger partial charge in [0.15, 0.2) is 5.78 Å². The van der Waals surface area contributed by atoms with E-state index >= 15 is 0 Å². The van der Waals surface area contributed by atoms with Gasteiger partial charge in [0.25, 0.3) is 0 Å². The van der Waals surface area contributed by atoms with Crippen LogP contribution in [0.4, 0.5) is 0 Å². The fourth-order valence-electron chi connectivity index (χ4n) is 0.494. The molecule has 1 atom stereocenters. The molecule has 0 fully saturated rings. The fourth-order valence-corrected chi connectivity index (χ4v) is 0.744. The van der Waals surface area contributed by atoms with Crippen LogP contribution in [-0.2, 0) is 9.53 Å². The lowest BCUT2D eigenvalue weighted by molar-refractivity contribution is -0.116. The highest BCUT2D eigenvalue weighted by atomic mass is 32.1. The zero-order chi connectivity index (χ0) is 5.98. The standard InChI is InChI=1S/C5H6O2S/c6-4-1-2-7-5(8)3-4/h1-2,5,8H,3H2. The number of carbonyl (C=O) groups is 1. The SMILES string of the molecule is O=C1C=COC(S)C1. The van der Waals surface area contributed by atoms with Crippen LogP contribution >= 0.6 is 12.6 Å². The maximum atomic E-state index is 10.5. The van der Waals surface area contributed by atoms with Crippen LogP contribution in [-0.4, -0.2) is 11.2 Å². The lowest BCUT2D eigenvalue weighted by Crippen LogP contribution is -2.11. The Morgan fingerprint density at radius 3 is 3.00 bits per heavy atom. The summed E-state index contributed by atoms with van der Waals surface area (Å²) in [6.45, 7) is 0. The van der Waals surface area contributed by atoms with Crippen molar-refractivity contribution in [1.29, 1.82) is 0 Å². The van der Waals surface area contributed by atoms with Crippen molar-refractivity contribution < 1.29 is 9.53 Å². The van der Waals surface area contributed by atoms with Gasteiger partial charge < -0.3 is 4.74 Å². The Balaban J connectivity index is 2.54. The van der Waals surface area contributed by atoms with Crippen LogP contribution in [0.15, 0.2) is 12.3 Å². The number of rotatable bonds is 0. The van der Waals surface area contributed by atoms with Crippen molar-refractivity contribution >= 4 is 18.4 Å². The van der Waals surface area contributed by atoms with Gasteiger partial charge in [-0.25, -0.2) is 0 Å². The summed E-state index contributed by atoms with van der Waals surface area (Å²) in [4.78, 5) is 10.5. The smallest absolute Gasteiger partial charge is 0.163 e. The summed E-state index contributed by atoms with van der Waals surface area (Å²) in [7, 11) is 0. The maximum Gasteiger partial charge on any atom is 0.163 e. The van der Waals surface area contributed by atoms with Gasteiger partial charge in [-0.3, -0.25) is 4.79 Å². The normalized spacial score (nSPS) is 27.6. The molecule has 1 rings (SSSR count). The zero-order valence-electron chi connectivity index (χ0n) is 4.20. The zero-order valence-corrected chi connectivity index (χ0v) is 5.10. The summed E-state index contributed by atoms with van der Waals surface area (Å²) in [6, 6.07) is 0. The quantitative estimate of drug-likeness (QED) is 0.490. The van der Waals surface area contributed by atoms with Gasteiger partial charge in [0, 0.05) is 6.08 Å². The van der Waals surface area contributed by atoms with Crippen molar-refractivity contribution in [2.24, 2.45) is 0 Å². The molecule has 0 bridgehead atoms. The monoisotopic (exact) mass is 130 g/mol. The molecule has 3 heteroatoms. The van der Waals surface area contributed by atoms with E-state index in [1.165, 1.54) is 12.3 Å². The molecule has 0 aromatic rings. The number of carbonyl (C=O) groups excluding carboxylic acids is 1. The van der Waals surface area contributed by atoms with Crippen LogP contribution in [0.1, 0.15) is 6.42 Å². The van der Waals surface area contributed by atoms with Crippen LogP contribution in [0.2, 0.25) is 0 Å². The van der Waals surface area contributed by atoms with E-state index < -0.39 is 0 Å². The van der Waals surface area contributed by atoms with E-state index in [-0.39, 0.29) is 11.2 Å². The minimum absolute atomic E-state index is 0.0799. The molecule has 0 saturated carbocycles. The second-order valence-electron chi connectivity index (χ2n) is 1.56. The van der Waals surface area contributed by atoms with Gasteiger partial charge in [0.2, 0.25) is 0 Å². The molecule has 44 valence electrons. The molecule has 0 radical (unpaired) electrons. The molecule has 1 aliphatic rings. The molecule has 0 N–H and O–H groups in total. The Hall–Kier alpha value is -0.440. The fraction of sp³-hybridized carbons (Fsp3) is 0.400. The average Bonchev–Trinajstić information content (AvgIpc) is 1.64. The Labute approximate surface area is 52.9 Å². The van der Waals surface area contributed by atoms with E-state index in [0.717, 1.165) is 0 Å². The lowest BCUT2D eigenvalue weighted by atomic mass is 10.3. The van der Waals surface area contributed by atoms with Gasteiger partial charge in [0.1, 0.15) is 5.44 Å². The molecule has 8 heavy (non-hydrogen) atoms. The molecule has 0 saturated heterocycles. The molecular formula is C5H6O2S. The van der Waals surface area contributed by atoms with E-state index in [2.05, 4.69) is 12.6 Å². The summed E-state index contributed by atoms with van der Waals surface area (Å²) in [5, 5.41) is 0. The number of allylic oxidation sites excluding steroid dienone is 1. The van der Waals surface area contributed by atoms with Crippen molar-refractivity contribution in [3.8, 4) is 0 Å². The first-order chi connectivity index (χ1) is 3.79. The predicted octanol–water partition coefficient (Wildman–Crippen LogP) is 0.745. The van der Waals surface area contributed by atoms with Crippen molar-refractivity contribution in [2.45, 2.75) is 11.9 Å². The topological polar surface area (TPSA) is 26.3 Å². The van der Waals surface area contributed by atoms with Crippen LogP contribution < -0.4 is 0 Å². The molecular weight excluding hydrogens is 124 g/mol. The van der Waals surface area contributed by atoms with Crippen LogP contribution in [0.25, 0.3) is 0 Å². The minimum Gasteiger partial charge on any atom is -0.487 e. The van der Waals surface area contributed by atoms with Crippen molar-refractivity contribution in [3.05, 3.63) is 12.3 Å². The third-order valence-corrected chi connectivity index (χ3v) is 1.17. The number of ketones is 1. The maximum absolute atomic E-state index is 10.5. The highest BCUT2D eigenvalue weighted by Crippen LogP contribution is 2.09. The molecule has 0 aromatic heterocycles. The van der Waals surface area contributed by atoms with Gasteiger partial charge in [-0.1, -0.05) is 0 Å². The Morgan fingerprint density at radius 2 is 2.62 bits per heavy atom. The van der Waals surface area contributed by atoms with Crippen LogP contribution in [0.3, 0.4) is 0 Å². The Morgan fingerprint density at radius 1 is 1.88 bits per heavy atom. The molecule has 0 aromatic carbocycles. The average molecular weight is 130 g/mol. The molecule has 0 spiro atoms. The van der Waals surface area contributed by atoms with E-state index in [1.54, 1.807) is 0 Å². The summed E-state index contributed by atoms with van der Waals surface area (Å²) >= 11 is 3.93. The first-order valence-corrected chi connectivity index (χ1v) is 2.83. The van der Waals surface area contributed by atoms with Crippen LogP contribution in [0, 0.1) is 0 Å². The van der Waals surface area contributed by atoms with Gasteiger partial charge in [-0.15, -0.1) is 12.6 Å². The second-order valence-corrected chi connectivity index (χ2v) is 2.14. The summed E-state index contributed by atoms with van der Waals surface area (Å²) in [6.07, 6.45) is 3.18. The first-order valence-electron chi connectivity index (χ1n) is 2.32. The molecule has 1 aliphatic heterocycles. The van der Waals surface area contributed by atoms with Gasteiger partial charge >= 0.3 is 0 Å². The Bertz CT molecular complexity index is 130. The lowest BCUT2D eigenvalue weighted by Gasteiger charge is -2.11. The van der Waals surface area contributed by atoms with E-state index in [4.69, 9.17) is 4.74 Å². The van der Waals surface area contributed by atoms with E-state index in [0.29, 0.717) is 6.42 Å². The third-order valence-electron chi connectivity index (χ3n) is 0.865. The summed E-state index contributed by atoms with van der Waals surface area (Å²) < 4.78 is 4.81. The number of hydrogen-bond donors (Lipinski definition) is 1. The number of thiol groups is 1. The van der Waals surface area contributed by atoms with Crippen molar-refractivity contribution in [1.82, 2.24) is 0 Å². The summed E-state index contributed by atoms with van der Waals surface area (Å²) in [5.41, 5.74) is -0.229. The van der Waals surface area contributed by atoms with Gasteiger partial charge in [0.05, 0.1) is 12.7 Å². The van der Waals surface area contributed by atoms with Crippen LogP contribution in [0.5, 0.6) is 0 Å². The second kappa shape index (κ2) is 2.22. The van der Waals surface area contributed by atoms with Crippen molar-refractivity contribution in [2.75, 3.05) is 0 Å². The molecule has 1 heterocycles.